The molecule has 0 bridgehead atoms. The number of nitrogens with one attached hydrogen (secondary N) is 1. The zero-order chi connectivity index (χ0) is 15.9. The highest BCUT2D eigenvalue weighted by atomic mass is 35.5. The first-order valence-corrected chi connectivity index (χ1v) is 7.87. The van der Waals surface area contributed by atoms with Gasteiger partial charge in [-0.15, -0.1) is 0 Å². The Morgan fingerprint density at radius 3 is 2.77 bits per heavy atom. The zero-order valence-corrected chi connectivity index (χ0v) is 13.6. The minimum atomic E-state index is -0.404. The summed E-state index contributed by atoms with van der Waals surface area (Å²) in [5.74, 6) is -0.316. The molecular formula is C17H14Cl2N2O. The number of rotatable bonds is 1. The quantitative estimate of drug-likeness (QED) is 0.824. The van der Waals surface area contributed by atoms with E-state index < -0.39 is 5.92 Å². The molecule has 1 aromatic rings. The first-order valence-electron chi connectivity index (χ1n) is 7.12. The Bertz CT molecular complexity index is 771. The van der Waals surface area contributed by atoms with Crippen LogP contribution in [-0.4, -0.2) is 5.78 Å². The lowest BCUT2D eigenvalue weighted by Gasteiger charge is -2.33. The molecule has 1 heterocycles. The predicted molar refractivity (Wildman–Crippen MR) is 86.5 cm³/mol. The Morgan fingerprint density at radius 1 is 1.32 bits per heavy atom. The van der Waals surface area contributed by atoms with E-state index in [0.29, 0.717) is 27.6 Å². The maximum absolute atomic E-state index is 12.5. The van der Waals surface area contributed by atoms with Crippen molar-refractivity contribution < 1.29 is 4.79 Å². The van der Waals surface area contributed by atoms with Crippen LogP contribution in [0, 0.1) is 11.3 Å². The predicted octanol–water partition coefficient (Wildman–Crippen LogP) is 4.48. The van der Waals surface area contributed by atoms with Gasteiger partial charge < -0.3 is 5.32 Å². The van der Waals surface area contributed by atoms with Crippen molar-refractivity contribution in [3.05, 3.63) is 56.3 Å². The van der Waals surface area contributed by atoms with Gasteiger partial charge in [0.2, 0.25) is 0 Å². The van der Waals surface area contributed by atoms with Crippen molar-refractivity contribution in [3.63, 3.8) is 0 Å². The van der Waals surface area contributed by atoms with Gasteiger partial charge >= 0.3 is 0 Å². The molecule has 0 radical (unpaired) electrons. The molecule has 1 N–H and O–H groups in total. The van der Waals surface area contributed by atoms with E-state index in [9.17, 15) is 10.1 Å². The van der Waals surface area contributed by atoms with Gasteiger partial charge in [-0.2, -0.15) is 5.26 Å². The van der Waals surface area contributed by atoms with Gasteiger partial charge in [-0.05, 0) is 37.5 Å². The molecule has 22 heavy (non-hydrogen) atoms. The highest BCUT2D eigenvalue weighted by Crippen LogP contribution is 2.44. The maximum atomic E-state index is 12.5. The van der Waals surface area contributed by atoms with Crippen LogP contribution in [0.4, 0.5) is 0 Å². The molecule has 1 aliphatic carbocycles. The first-order chi connectivity index (χ1) is 10.5. The van der Waals surface area contributed by atoms with Crippen molar-refractivity contribution >= 4 is 29.0 Å². The van der Waals surface area contributed by atoms with Crippen LogP contribution in [0.2, 0.25) is 10.0 Å². The first kappa shape index (κ1) is 15.1. The number of nitrogens with zero attached hydrogens (tertiary/aromatic N) is 1. The van der Waals surface area contributed by atoms with Crippen LogP contribution in [0.15, 0.2) is 40.7 Å². The fourth-order valence-electron chi connectivity index (χ4n) is 3.18. The number of ketones is 1. The molecule has 5 heteroatoms. The van der Waals surface area contributed by atoms with Crippen LogP contribution in [-0.2, 0) is 4.79 Å². The van der Waals surface area contributed by atoms with Crippen molar-refractivity contribution in [1.82, 2.24) is 5.32 Å². The van der Waals surface area contributed by atoms with Gasteiger partial charge in [0.15, 0.2) is 5.78 Å². The van der Waals surface area contributed by atoms with Gasteiger partial charge in [0.1, 0.15) is 0 Å². The Labute approximate surface area is 139 Å². The summed E-state index contributed by atoms with van der Waals surface area (Å²) in [6, 6.07) is 7.43. The summed E-state index contributed by atoms with van der Waals surface area (Å²) in [4.78, 5) is 12.5. The van der Waals surface area contributed by atoms with Gasteiger partial charge in [0.05, 0.1) is 17.6 Å². The zero-order valence-electron chi connectivity index (χ0n) is 12.0. The van der Waals surface area contributed by atoms with E-state index in [1.165, 1.54) is 0 Å². The van der Waals surface area contributed by atoms with Crippen molar-refractivity contribution in [2.24, 2.45) is 0 Å². The molecule has 0 fully saturated rings. The number of nitriles is 1. The molecule has 0 amide bonds. The lowest BCUT2D eigenvalue weighted by atomic mass is 9.75. The highest BCUT2D eigenvalue weighted by Gasteiger charge is 2.36. The fraction of sp³-hybridized carbons (Fsp3) is 0.294. The second-order valence-electron chi connectivity index (χ2n) is 5.54. The summed E-state index contributed by atoms with van der Waals surface area (Å²) in [5, 5.41) is 13.8. The molecule has 1 atom stereocenters. The normalized spacial score (nSPS) is 21.4. The maximum Gasteiger partial charge on any atom is 0.161 e. The van der Waals surface area contributed by atoms with Crippen LogP contribution >= 0.6 is 23.2 Å². The molecule has 2 aliphatic rings. The Kier molecular flexibility index (Phi) is 3.99. The second-order valence-corrected chi connectivity index (χ2v) is 6.39. The average Bonchev–Trinajstić information content (AvgIpc) is 2.46. The molecule has 0 saturated heterocycles. The molecule has 0 spiro atoms. The van der Waals surface area contributed by atoms with Crippen molar-refractivity contribution in [2.75, 3.05) is 0 Å². The van der Waals surface area contributed by atoms with Gasteiger partial charge in [0, 0.05) is 33.4 Å². The Hall–Kier alpha value is -1.76. The van der Waals surface area contributed by atoms with Crippen LogP contribution in [0.5, 0.6) is 0 Å². The Balaban J connectivity index is 2.22. The minimum Gasteiger partial charge on any atom is -0.361 e. The number of carbonyl (C=O) groups excluding carboxylic acids is 1. The molecule has 1 aromatic carbocycles. The standard InChI is InChI=1S/C17H14Cl2N2O/c1-9-12(8-20)16(11-6-5-10(18)7-13(11)19)17-14(21-9)3-2-4-15(17)22/h5-7,16,21H,2-4H2,1H3/t16-/m0/s1. The number of dihydropyridines is 1. The van der Waals surface area contributed by atoms with Gasteiger partial charge in [-0.3, -0.25) is 4.79 Å². The number of allylic oxidation sites excluding steroid dienone is 4. The van der Waals surface area contributed by atoms with E-state index >= 15 is 0 Å². The molecule has 0 aromatic heterocycles. The fourth-order valence-corrected chi connectivity index (χ4v) is 3.70. The SMILES string of the molecule is CC1=C(C#N)[C@H](c2ccc(Cl)cc2Cl)C2=C(CCCC2=O)N1. The number of hydrogen-bond acceptors (Lipinski definition) is 3. The van der Waals surface area contributed by atoms with E-state index in [2.05, 4.69) is 11.4 Å². The van der Waals surface area contributed by atoms with E-state index in [1.807, 2.05) is 6.92 Å². The lowest BCUT2D eigenvalue weighted by molar-refractivity contribution is -0.116. The summed E-state index contributed by atoms with van der Waals surface area (Å²) in [6.45, 7) is 1.86. The molecular weight excluding hydrogens is 319 g/mol. The number of halogens is 2. The van der Waals surface area contributed by atoms with Gasteiger partial charge in [0.25, 0.3) is 0 Å². The smallest absolute Gasteiger partial charge is 0.161 e. The summed E-state index contributed by atoms with van der Waals surface area (Å²) >= 11 is 12.3. The average molecular weight is 333 g/mol. The second kappa shape index (κ2) is 5.79. The van der Waals surface area contributed by atoms with Crippen molar-refractivity contribution in [1.29, 1.82) is 5.26 Å². The number of carbonyl (C=O) groups is 1. The van der Waals surface area contributed by atoms with E-state index in [1.54, 1.807) is 18.2 Å². The van der Waals surface area contributed by atoms with Crippen molar-refractivity contribution in [3.8, 4) is 6.07 Å². The number of benzene rings is 1. The molecule has 3 nitrogen and oxygen atoms in total. The lowest BCUT2D eigenvalue weighted by Crippen LogP contribution is -2.31. The third-order valence-corrected chi connectivity index (χ3v) is 4.73. The molecule has 0 saturated carbocycles. The van der Waals surface area contributed by atoms with E-state index in [0.717, 1.165) is 29.8 Å². The molecule has 1 aliphatic heterocycles. The third-order valence-electron chi connectivity index (χ3n) is 4.17. The Morgan fingerprint density at radius 2 is 2.09 bits per heavy atom. The van der Waals surface area contributed by atoms with Crippen LogP contribution in [0.25, 0.3) is 0 Å². The number of Topliss-reactive ketones (excluding diaryl/α,β-unsaturated/α-hetero) is 1. The summed E-state index contributed by atoms with van der Waals surface area (Å²) in [5.41, 5.74) is 3.68. The molecule has 112 valence electrons. The summed E-state index contributed by atoms with van der Waals surface area (Å²) < 4.78 is 0. The van der Waals surface area contributed by atoms with Crippen LogP contribution in [0.1, 0.15) is 37.7 Å². The van der Waals surface area contributed by atoms with Crippen LogP contribution < -0.4 is 5.32 Å². The molecule has 0 unspecified atom stereocenters. The van der Waals surface area contributed by atoms with Crippen molar-refractivity contribution in [2.45, 2.75) is 32.1 Å². The largest absolute Gasteiger partial charge is 0.361 e. The van der Waals surface area contributed by atoms with E-state index in [-0.39, 0.29) is 5.78 Å². The van der Waals surface area contributed by atoms with Crippen LogP contribution in [0.3, 0.4) is 0 Å². The topological polar surface area (TPSA) is 52.9 Å². The third kappa shape index (κ3) is 2.43. The summed E-state index contributed by atoms with van der Waals surface area (Å²) in [7, 11) is 0. The minimum absolute atomic E-state index is 0.0880. The number of hydrogen-bond donors (Lipinski definition) is 1. The van der Waals surface area contributed by atoms with E-state index in [4.69, 9.17) is 23.2 Å². The highest BCUT2D eigenvalue weighted by molar-refractivity contribution is 6.35. The molecule has 3 rings (SSSR count). The summed E-state index contributed by atoms with van der Waals surface area (Å²) in [6.07, 6.45) is 2.17. The monoisotopic (exact) mass is 332 g/mol. The van der Waals surface area contributed by atoms with Gasteiger partial charge in [-0.1, -0.05) is 29.3 Å². The van der Waals surface area contributed by atoms with Gasteiger partial charge in [-0.25, -0.2) is 0 Å².